The molecule has 0 aliphatic heterocycles. The largest absolute Gasteiger partial charge is 0.323 e. The van der Waals surface area contributed by atoms with E-state index in [2.05, 4.69) is 27.7 Å². The van der Waals surface area contributed by atoms with Crippen LogP contribution in [0.4, 0.5) is 0 Å². The molecule has 0 aliphatic rings. The summed E-state index contributed by atoms with van der Waals surface area (Å²) in [5.41, 5.74) is 3.39. The second-order valence-electron chi connectivity index (χ2n) is 3.44. The molecular formula is C13H10N2. The lowest BCUT2D eigenvalue weighted by Crippen LogP contribution is -1.82. The van der Waals surface area contributed by atoms with E-state index >= 15 is 0 Å². The zero-order chi connectivity index (χ0) is 10.1. The van der Waals surface area contributed by atoms with E-state index in [-0.39, 0.29) is 0 Å². The Balaban J connectivity index is 2.28. The SMILES string of the molecule is c1ccc(-c2ccn3ccccc23)nc1. The van der Waals surface area contributed by atoms with Gasteiger partial charge < -0.3 is 4.40 Å². The first-order valence-corrected chi connectivity index (χ1v) is 4.92. The minimum absolute atomic E-state index is 1.02. The van der Waals surface area contributed by atoms with Gasteiger partial charge in [-0.15, -0.1) is 0 Å². The predicted molar refractivity (Wildman–Crippen MR) is 60.6 cm³/mol. The molecule has 0 bridgehead atoms. The van der Waals surface area contributed by atoms with Gasteiger partial charge in [0.1, 0.15) is 0 Å². The van der Waals surface area contributed by atoms with Gasteiger partial charge in [-0.25, -0.2) is 0 Å². The van der Waals surface area contributed by atoms with Crippen molar-refractivity contribution in [2.75, 3.05) is 0 Å². The van der Waals surface area contributed by atoms with Crippen LogP contribution in [0.5, 0.6) is 0 Å². The highest BCUT2D eigenvalue weighted by atomic mass is 14.9. The van der Waals surface area contributed by atoms with E-state index < -0.39 is 0 Å². The standard InChI is InChI=1S/C13H10N2/c1-3-8-14-12(5-1)11-7-10-15-9-4-2-6-13(11)15/h1-10H. The van der Waals surface area contributed by atoms with E-state index in [9.17, 15) is 0 Å². The first-order chi connectivity index (χ1) is 7.45. The highest BCUT2D eigenvalue weighted by Gasteiger charge is 2.03. The van der Waals surface area contributed by atoms with E-state index in [0.717, 1.165) is 5.69 Å². The summed E-state index contributed by atoms with van der Waals surface area (Å²) in [5, 5.41) is 0. The van der Waals surface area contributed by atoms with Crippen molar-refractivity contribution in [3.05, 3.63) is 61.1 Å². The lowest BCUT2D eigenvalue weighted by Gasteiger charge is -1.98. The maximum atomic E-state index is 4.36. The van der Waals surface area contributed by atoms with Crippen LogP contribution in [0.25, 0.3) is 16.8 Å². The Kier molecular flexibility index (Phi) is 1.78. The molecule has 0 fully saturated rings. The third-order valence-electron chi connectivity index (χ3n) is 2.51. The van der Waals surface area contributed by atoms with Crippen LogP contribution in [-0.4, -0.2) is 9.38 Å². The van der Waals surface area contributed by atoms with Crippen molar-refractivity contribution in [2.24, 2.45) is 0 Å². The van der Waals surface area contributed by atoms with Gasteiger partial charge in [-0.2, -0.15) is 0 Å². The summed E-state index contributed by atoms with van der Waals surface area (Å²) in [4.78, 5) is 4.36. The molecule has 15 heavy (non-hydrogen) atoms. The van der Waals surface area contributed by atoms with Crippen molar-refractivity contribution >= 4 is 5.52 Å². The molecule has 0 saturated heterocycles. The summed E-state index contributed by atoms with van der Waals surface area (Å²) >= 11 is 0. The van der Waals surface area contributed by atoms with Crippen LogP contribution in [0.1, 0.15) is 0 Å². The molecule has 0 aromatic carbocycles. The number of rotatable bonds is 1. The van der Waals surface area contributed by atoms with E-state index in [1.807, 2.05) is 42.7 Å². The van der Waals surface area contributed by atoms with E-state index in [1.165, 1.54) is 11.1 Å². The number of pyridine rings is 2. The van der Waals surface area contributed by atoms with Gasteiger partial charge in [-0.1, -0.05) is 12.1 Å². The van der Waals surface area contributed by atoms with Crippen molar-refractivity contribution < 1.29 is 0 Å². The van der Waals surface area contributed by atoms with Gasteiger partial charge in [-0.05, 0) is 30.3 Å². The maximum Gasteiger partial charge on any atom is 0.0723 e. The van der Waals surface area contributed by atoms with Gasteiger partial charge >= 0.3 is 0 Å². The average molecular weight is 194 g/mol. The fourth-order valence-corrected chi connectivity index (χ4v) is 1.79. The van der Waals surface area contributed by atoms with E-state index in [1.54, 1.807) is 0 Å². The van der Waals surface area contributed by atoms with Gasteiger partial charge in [0.25, 0.3) is 0 Å². The van der Waals surface area contributed by atoms with Crippen LogP contribution in [0.15, 0.2) is 61.1 Å². The normalized spacial score (nSPS) is 10.7. The number of hydrogen-bond donors (Lipinski definition) is 0. The third kappa shape index (κ3) is 1.31. The van der Waals surface area contributed by atoms with Crippen molar-refractivity contribution in [1.29, 1.82) is 0 Å². The molecule has 0 spiro atoms. The Hall–Kier alpha value is -2.09. The fourth-order valence-electron chi connectivity index (χ4n) is 1.79. The summed E-state index contributed by atoms with van der Waals surface area (Å²) in [5.74, 6) is 0. The van der Waals surface area contributed by atoms with Crippen LogP contribution in [-0.2, 0) is 0 Å². The Morgan fingerprint density at radius 1 is 0.867 bits per heavy atom. The quantitative estimate of drug-likeness (QED) is 0.582. The molecule has 3 aromatic rings. The van der Waals surface area contributed by atoms with E-state index in [0.29, 0.717) is 0 Å². The molecule has 0 unspecified atom stereocenters. The molecule has 72 valence electrons. The molecule has 0 radical (unpaired) electrons. The minimum Gasteiger partial charge on any atom is -0.323 e. The molecule has 2 heteroatoms. The summed E-state index contributed by atoms with van der Waals surface area (Å²) in [6.07, 6.45) is 5.92. The number of aromatic nitrogens is 2. The number of fused-ring (bicyclic) bond motifs is 1. The van der Waals surface area contributed by atoms with Crippen molar-refractivity contribution in [2.45, 2.75) is 0 Å². The second-order valence-corrected chi connectivity index (χ2v) is 3.44. The number of hydrogen-bond acceptors (Lipinski definition) is 1. The summed E-state index contributed by atoms with van der Waals surface area (Å²) < 4.78 is 2.10. The summed E-state index contributed by atoms with van der Waals surface area (Å²) in [7, 11) is 0. The third-order valence-corrected chi connectivity index (χ3v) is 2.51. The monoisotopic (exact) mass is 194 g/mol. The average Bonchev–Trinajstić information content (AvgIpc) is 2.74. The van der Waals surface area contributed by atoms with Crippen LogP contribution < -0.4 is 0 Å². The molecular weight excluding hydrogens is 184 g/mol. The summed E-state index contributed by atoms with van der Waals surface area (Å²) in [6, 6.07) is 14.2. The molecule has 0 N–H and O–H groups in total. The Morgan fingerprint density at radius 2 is 1.80 bits per heavy atom. The first kappa shape index (κ1) is 8.24. The molecule has 3 heterocycles. The summed E-state index contributed by atoms with van der Waals surface area (Å²) in [6.45, 7) is 0. The molecule has 0 saturated carbocycles. The predicted octanol–water partition coefficient (Wildman–Crippen LogP) is 3.00. The number of nitrogens with zero attached hydrogens (tertiary/aromatic N) is 2. The van der Waals surface area contributed by atoms with Gasteiger partial charge in [0.2, 0.25) is 0 Å². The van der Waals surface area contributed by atoms with E-state index in [4.69, 9.17) is 0 Å². The Labute approximate surface area is 87.8 Å². The van der Waals surface area contributed by atoms with Gasteiger partial charge in [0.15, 0.2) is 0 Å². The smallest absolute Gasteiger partial charge is 0.0723 e. The van der Waals surface area contributed by atoms with Crippen molar-refractivity contribution in [1.82, 2.24) is 9.38 Å². The van der Waals surface area contributed by atoms with Crippen LogP contribution >= 0.6 is 0 Å². The van der Waals surface area contributed by atoms with Crippen LogP contribution in [0, 0.1) is 0 Å². The maximum absolute atomic E-state index is 4.36. The van der Waals surface area contributed by atoms with Crippen LogP contribution in [0.2, 0.25) is 0 Å². The Morgan fingerprint density at radius 3 is 2.67 bits per heavy atom. The molecule has 2 nitrogen and oxygen atoms in total. The first-order valence-electron chi connectivity index (χ1n) is 4.92. The second kappa shape index (κ2) is 3.24. The lowest BCUT2D eigenvalue weighted by molar-refractivity contribution is 1.20. The van der Waals surface area contributed by atoms with Crippen LogP contribution in [0.3, 0.4) is 0 Å². The fraction of sp³-hybridized carbons (Fsp3) is 0. The molecule has 3 aromatic heterocycles. The van der Waals surface area contributed by atoms with Gasteiger partial charge in [0.05, 0.1) is 11.2 Å². The minimum atomic E-state index is 1.02. The molecule has 0 amide bonds. The zero-order valence-electron chi connectivity index (χ0n) is 8.17. The van der Waals surface area contributed by atoms with Gasteiger partial charge in [-0.3, -0.25) is 4.98 Å². The zero-order valence-corrected chi connectivity index (χ0v) is 8.17. The highest BCUT2D eigenvalue weighted by Crippen LogP contribution is 2.22. The molecule has 0 aliphatic carbocycles. The molecule has 3 rings (SSSR count). The van der Waals surface area contributed by atoms with Crippen molar-refractivity contribution in [3.8, 4) is 11.3 Å². The Bertz CT molecular complexity index is 582. The van der Waals surface area contributed by atoms with Crippen molar-refractivity contribution in [3.63, 3.8) is 0 Å². The lowest BCUT2D eigenvalue weighted by atomic mass is 10.2. The molecule has 0 atom stereocenters. The topological polar surface area (TPSA) is 17.3 Å². The highest BCUT2D eigenvalue weighted by molar-refractivity contribution is 5.78. The van der Waals surface area contributed by atoms with Gasteiger partial charge in [0, 0.05) is 24.2 Å².